The van der Waals surface area contributed by atoms with Gasteiger partial charge in [-0.1, -0.05) is 12.1 Å². The number of hydrogen-bond donors (Lipinski definition) is 2. The zero-order valence-electron chi connectivity index (χ0n) is 11.8. The molecule has 2 rings (SSSR count). The molecule has 1 aromatic carbocycles. The molecule has 0 radical (unpaired) electrons. The maximum absolute atomic E-state index is 12.3. The van der Waals surface area contributed by atoms with Gasteiger partial charge in [-0.2, -0.15) is 0 Å². The number of pyridine rings is 1. The Bertz CT molecular complexity index is 717. The molecule has 0 unspecified atom stereocenters. The number of sulfonamides is 1. The van der Waals surface area contributed by atoms with Crippen LogP contribution in [-0.4, -0.2) is 27.6 Å². The molecular formula is C14H17N3O3S. The quantitative estimate of drug-likeness (QED) is 0.847. The predicted molar refractivity (Wildman–Crippen MR) is 80.8 cm³/mol. The van der Waals surface area contributed by atoms with Crippen LogP contribution in [0, 0.1) is 0 Å². The number of nitrogens with zero attached hydrogens (tertiary/aromatic N) is 1. The lowest BCUT2D eigenvalue weighted by Gasteiger charge is -2.11. The van der Waals surface area contributed by atoms with Gasteiger partial charge in [-0.25, -0.2) is 13.1 Å². The molecule has 7 heteroatoms. The Morgan fingerprint density at radius 2 is 2.10 bits per heavy atom. The number of nitrogens with one attached hydrogen (secondary N) is 2. The molecule has 0 fully saturated rings. The normalized spacial score (nSPS) is 11.1. The first-order valence-corrected chi connectivity index (χ1v) is 7.79. The molecule has 0 spiro atoms. The first-order chi connectivity index (χ1) is 10.1. The Hall–Kier alpha value is -2.12. The van der Waals surface area contributed by atoms with Gasteiger partial charge in [-0.05, 0) is 23.8 Å². The Labute approximate surface area is 124 Å². The lowest BCUT2D eigenvalue weighted by molar-refractivity contribution is 0.414. The third-order valence-electron chi connectivity index (χ3n) is 2.94. The molecule has 0 saturated heterocycles. The molecule has 0 aliphatic heterocycles. The summed E-state index contributed by atoms with van der Waals surface area (Å²) in [7, 11) is -0.406. The van der Waals surface area contributed by atoms with Crippen LogP contribution >= 0.6 is 0 Å². The lowest BCUT2D eigenvalue weighted by Crippen LogP contribution is -2.24. The topological polar surface area (TPSA) is 80.3 Å². The molecule has 0 bridgehead atoms. The average molecular weight is 307 g/mol. The van der Waals surface area contributed by atoms with Gasteiger partial charge in [0, 0.05) is 26.0 Å². The van der Waals surface area contributed by atoms with E-state index in [0.717, 1.165) is 5.56 Å². The maximum atomic E-state index is 12.3. The standard InChI is InChI=1S/C14H17N3O3S/c1-15-13-6-7-16-10-14(13)21(18,19)17-9-11-4-3-5-12(8-11)20-2/h3-8,10,17H,9H2,1-2H3,(H,15,16). The maximum Gasteiger partial charge on any atom is 0.244 e. The monoisotopic (exact) mass is 307 g/mol. The fraction of sp³-hybridized carbons (Fsp3) is 0.214. The molecule has 0 saturated carbocycles. The minimum Gasteiger partial charge on any atom is -0.497 e. The van der Waals surface area contributed by atoms with Crippen LogP contribution in [0.4, 0.5) is 5.69 Å². The van der Waals surface area contributed by atoms with E-state index in [0.29, 0.717) is 11.4 Å². The average Bonchev–Trinajstić information content (AvgIpc) is 2.53. The van der Waals surface area contributed by atoms with Crippen LogP contribution in [0.5, 0.6) is 5.75 Å². The van der Waals surface area contributed by atoms with Crippen LogP contribution in [0.25, 0.3) is 0 Å². The van der Waals surface area contributed by atoms with Crippen molar-refractivity contribution in [2.75, 3.05) is 19.5 Å². The molecule has 2 aromatic rings. The SMILES string of the molecule is CNc1ccncc1S(=O)(=O)NCc1cccc(OC)c1. The minimum atomic E-state index is -3.64. The Kier molecular flexibility index (Phi) is 4.77. The molecule has 0 aliphatic rings. The van der Waals surface area contributed by atoms with E-state index >= 15 is 0 Å². The van der Waals surface area contributed by atoms with Gasteiger partial charge in [0.1, 0.15) is 10.6 Å². The molecule has 21 heavy (non-hydrogen) atoms. The van der Waals surface area contributed by atoms with Crippen LogP contribution < -0.4 is 14.8 Å². The molecular weight excluding hydrogens is 290 g/mol. The molecule has 0 aliphatic carbocycles. The highest BCUT2D eigenvalue weighted by Crippen LogP contribution is 2.19. The van der Waals surface area contributed by atoms with Crippen LogP contribution in [0.2, 0.25) is 0 Å². The third-order valence-corrected chi connectivity index (χ3v) is 4.37. The van der Waals surface area contributed by atoms with E-state index in [9.17, 15) is 8.42 Å². The van der Waals surface area contributed by atoms with Crippen molar-refractivity contribution in [2.45, 2.75) is 11.4 Å². The van der Waals surface area contributed by atoms with E-state index in [4.69, 9.17) is 4.74 Å². The van der Waals surface area contributed by atoms with E-state index in [1.165, 1.54) is 12.4 Å². The van der Waals surface area contributed by atoms with Crippen molar-refractivity contribution >= 4 is 15.7 Å². The van der Waals surface area contributed by atoms with Crippen molar-refractivity contribution in [1.29, 1.82) is 0 Å². The van der Waals surface area contributed by atoms with Crippen LogP contribution in [0.3, 0.4) is 0 Å². The summed E-state index contributed by atoms with van der Waals surface area (Å²) in [5.41, 5.74) is 1.32. The zero-order chi connectivity index (χ0) is 15.3. The van der Waals surface area contributed by atoms with Crippen molar-refractivity contribution in [1.82, 2.24) is 9.71 Å². The van der Waals surface area contributed by atoms with Gasteiger partial charge in [-0.3, -0.25) is 4.98 Å². The number of ether oxygens (including phenoxy) is 1. The minimum absolute atomic E-state index is 0.121. The fourth-order valence-corrected chi connectivity index (χ4v) is 3.01. The molecule has 6 nitrogen and oxygen atoms in total. The number of rotatable bonds is 6. The molecule has 0 atom stereocenters. The number of aromatic nitrogens is 1. The summed E-state index contributed by atoms with van der Waals surface area (Å²) in [5, 5.41) is 2.84. The predicted octanol–water partition coefficient (Wildman–Crippen LogP) is 1.61. The van der Waals surface area contributed by atoms with Crippen LogP contribution in [0.1, 0.15) is 5.56 Å². The summed E-state index contributed by atoms with van der Waals surface area (Å²) in [5.74, 6) is 0.684. The van der Waals surface area contributed by atoms with Crippen molar-refractivity contribution in [3.63, 3.8) is 0 Å². The molecule has 0 amide bonds. The van der Waals surface area contributed by atoms with E-state index in [-0.39, 0.29) is 11.4 Å². The van der Waals surface area contributed by atoms with Gasteiger partial charge < -0.3 is 10.1 Å². The van der Waals surface area contributed by atoms with E-state index in [1.807, 2.05) is 12.1 Å². The first kappa shape index (κ1) is 15.3. The summed E-state index contributed by atoms with van der Waals surface area (Å²) >= 11 is 0. The highest BCUT2D eigenvalue weighted by Gasteiger charge is 2.18. The molecule has 112 valence electrons. The van der Waals surface area contributed by atoms with Gasteiger partial charge >= 0.3 is 0 Å². The van der Waals surface area contributed by atoms with Crippen LogP contribution in [-0.2, 0) is 16.6 Å². The second kappa shape index (κ2) is 6.55. The summed E-state index contributed by atoms with van der Waals surface area (Å²) in [6.07, 6.45) is 2.85. The summed E-state index contributed by atoms with van der Waals surface area (Å²) < 4.78 is 32.3. The largest absolute Gasteiger partial charge is 0.497 e. The number of benzene rings is 1. The Morgan fingerprint density at radius 3 is 2.81 bits per heavy atom. The van der Waals surface area contributed by atoms with Gasteiger partial charge in [0.2, 0.25) is 10.0 Å². The Morgan fingerprint density at radius 1 is 1.29 bits per heavy atom. The highest BCUT2D eigenvalue weighted by atomic mass is 32.2. The van der Waals surface area contributed by atoms with E-state index in [2.05, 4.69) is 15.0 Å². The van der Waals surface area contributed by atoms with Gasteiger partial charge in [0.15, 0.2) is 0 Å². The zero-order valence-corrected chi connectivity index (χ0v) is 12.6. The van der Waals surface area contributed by atoms with Gasteiger partial charge in [0.05, 0.1) is 12.8 Å². The third kappa shape index (κ3) is 3.71. The second-order valence-electron chi connectivity index (χ2n) is 4.30. The fourth-order valence-electron chi connectivity index (χ4n) is 1.84. The summed E-state index contributed by atoms with van der Waals surface area (Å²) in [4.78, 5) is 3.98. The number of anilines is 1. The second-order valence-corrected chi connectivity index (χ2v) is 6.03. The van der Waals surface area contributed by atoms with Gasteiger partial charge in [-0.15, -0.1) is 0 Å². The number of hydrogen-bond acceptors (Lipinski definition) is 5. The Balaban J connectivity index is 2.18. The molecule has 2 N–H and O–H groups in total. The molecule has 1 heterocycles. The first-order valence-electron chi connectivity index (χ1n) is 6.31. The smallest absolute Gasteiger partial charge is 0.244 e. The van der Waals surface area contributed by atoms with Gasteiger partial charge in [0.25, 0.3) is 0 Å². The van der Waals surface area contributed by atoms with Crippen molar-refractivity contribution in [3.8, 4) is 5.75 Å². The van der Waals surface area contributed by atoms with E-state index in [1.54, 1.807) is 32.4 Å². The molecule has 1 aromatic heterocycles. The van der Waals surface area contributed by atoms with Crippen molar-refractivity contribution in [3.05, 3.63) is 48.3 Å². The summed E-state index contributed by atoms with van der Waals surface area (Å²) in [6, 6.07) is 8.84. The lowest BCUT2D eigenvalue weighted by atomic mass is 10.2. The number of methoxy groups -OCH3 is 1. The van der Waals surface area contributed by atoms with Crippen LogP contribution in [0.15, 0.2) is 47.6 Å². The van der Waals surface area contributed by atoms with Crippen molar-refractivity contribution < 1.29 is 13.2 Å². The van der Waals surface area contributed by atoms with E-state index < -0.39 is 10.0 Å². The van der Waals surface area contributed by atoms with Crippen molar-refractivity contribution in [2.24, 2.45) is 0 Å². The highest BCUT2D eigenvalue weighted by molar-refractivity contribution is 7.89. The summed E-state index contributed by atoms with van der Waals surface area (Å²) in [6.45, 7) is 0.178.